The molecule has 0 saturated carbocycles. The van der Waals surface area contributed by atoms with Gasteiger partial charge in [-0.25, -0.2) is 0 Å². The van der Waals surface area contributed by atoms with E-state index in [1.54, 1.807) is 6.07 Å². The van der Waals surface area contributed by atoms with Crippen LogP contribution in [0.25, 0.3) is 0 Å². The monoisotopic (exact) mass is 313 g/mol. The van der Waals surface area contributed by atoms with Gasteiger partial charge in [0.1, 0.15) is 5.75 Å². The Balaban J connectivity index is 1.90. The van der Waals surface area contributed by atoms with E-state index >= 15 is 0 Å². The molecule has 0 bridgehead atoms. The molecule has 1 unspecified atom stereocenters. The minimum atomic E-state index is 0.232. The Morgan fingerprint density at radius 2 is 2.28 bits per heavy atom. The topological polar surface area (TPSA) is 50.7 Å². The van der Waals surface area contributed by atoms with E-state index < -0.39 is 0 Å². The lowest BCUT2D eigenvalue weighted by atomic mass is 9.96. The molecule has 1 aromatic carbocycles. The van der Waals surface area contributed by atoms with Crippen molar-refractivity contribution in [3.63, 3.8) is 0 Å². The lowest BCUT2D eigenvalue weighted by Gasteiger charge is -2.24. The quantitative estimate of drug-likeness (QED) is 0.881. The summed E-state index contributed by atoms with van der Waals surface area (Å²) in [5.74, 6) is 1.68. The fourth-order valence-corrected chi connectivity index (χ4v) is 3.05. The third kappa shape index (κ3) is 2.17. The van der Waals surface area contributed by atoms with Crippen molar-refractivity contribution in [3.05, 3.63) is 16.1 Å². The maximum Gasteiger partial charge on any atom is 0.231 e. The smallest absolute Gasteiger partial charge is 0.231 e. The van der Waals surface area contributed by atoms with Gasteiger partial charge in [0.05, 0.1) is 4.47 Å². The van der Waals surface area contributed by atoms with E-state index in [1.807, 2.05) is 0 Å². The van der Waals surface area contributed by atoms with E-state index in [0.29, 0.717) is 22.0 Å². The standard InChI is InChI=1S/C13H16BrNO3/c14-10-6-11-13(18-7-17-11)9(12(10)16)5-8-3-1-2-4-15-8/h6,8,15-16H,1-5,7H2. The zero-order valence-electron chi connectivity index (χ0n) is 10.0. The first kappa shape index (κ1) is 12.1. The molecule has 2 heterocycles. The number of halogens is 1. The maximum absolute atomic E-state index is 10.2. The van der Waals surface area contributed by atoms with Crippen molar-refractivity contribution in [1.82, 2.24) is 5.32 Å². The lowest BCUT2D eigenvalue weighted by molar-refractivity contribution is 0.173. The number of aromatic hydroxyl groups is 1. The van der Waals surface area contributed by atoms with Crippen LogP contribution in [0.15, 0.2) is 10.5 Å². The Labute approximate surface area is 114 Å². The number of benzene rings is 1. The van der Waals surface area contributed by atoms with E-state index in [1.165, 1.54) is 12.8 Å². The van der Waals surface area contributed by atoms with Gasteiger partial charge in [-0.2, -0.15) is 0 Å². The molecule has 4 nitrogen and oxygen atoms in total. The normalized spacial score (nSPS) is 22.2. The van der Waals surface area contributed by atoms with E-state index in [0.717, 1.165) is 24.9 Å². The van der Waals surface area contributed by atoms with Crippen LogP contribution in [0, 0.1) is 0 Å². The fraction of sp³-hybridized carbons (Fsp3) is 0.538. The lowest BCUT2D eigenvalue weighted by Crippen LogP contribution is -2.35. The number of rotatable bonds is 2. The van der Waals surface area contributed by atoms with Crippen LogP contribution in [0.5, 0.6) is 17.2 Å². The highest BCUT2D eigenvalue weighted by Gasteiger charge is 2.26. The Bertz CT molecular complexity index is 458. The maximum atomic E-state index is 10.2. The van der Waals surface area contributed by atoms with Crippen LogP contribution in [0.4, 0.5) is 0 Å². The van der Waals surface area contributed by atoms with Crippen molar-refractivity contribution < 1.29 is 14.6 Å². The summed E-state index contributed by atoms with van der Waals surface area (Å²) in [5, 5.41) is 13.7. The molecule has 3 rings (SSSR count). The second kappa shape index (κ2) is 4.97. The van der Waals surface area contributed by atoms with Crippen LogP contribution in [0.1, 0.15) is 24.8 Å². The number of phenols is 1. The van der Waals surface area contributed by atoms with Gasteiger partial charge in [0, 0.05) is 17.7 Å². The van der Waals surface area contributed by atoms with Crippen LogP contribution >= 0.6 is 15.9 Å². The van der Waals surface area contributed by atoms with Gasteiger partial charge in [-0.05, 0) is 41.7 Å². The number of piperidine rings is 1. The van der Waals surface area contributed by atoms with Crippen molar-refractivity contribution in [2.24, 2.45) is 0 Å². The van der Waals surface area contributed by atoms with Gasteiger partial charge >= 0.3 is 0 Å². The molecule has 2 N–H and O–H groups in total. The summed E-state index contributed by atoms with van der Waals surface area (Å²) >= 11 is 3.36. The first-order chi connectivity index (χ1) is 8.75. The molecular weight excluding hydrogens is 298 g/mol. The van der Waals surface area contributed by atoms with Crippen LogP contribution in [-0.2, 0) is 6.42 Å². The molecule has 0 radical (unpaired) electrons. The zero-order valence-corrected chi connectivity index (χ0v) is 11.6. The first-order valence-corrected chi connectivity index (χ1v) is 7.08. The van der Waals surface area contributed by atoms with E-state index in [9.17, 15) is 5.11 Å². The van der Waals surface area contributed by atoms with Gasteiger partial charge < -0.3 is 19.9 Å². The average molecular weight is 314 g/mol. The molecule has 0 spiro atoms. The highest BCUT2D eigenvalue weighted by atomic mass is 79.9. The van der Waals surface area contributed by atoms with Crippen LogP contribution in [0.3, 0.4) is 0 Å². The molecule has 18 heavy (non-hydrogen) atoms. The van der Waals surface area contributed by atoms with Crippen molar-refractivity contribution in [2.75, 3.05) is 13.3 Å². The summed E-state index contributed by atoms with van der Waals surface area (Å²) in [4.78, 5) is 0. The molecule has 2 aliphatic rings. The van der Waals surface area contributed by atoms with Crippen LogP contribution in [0.2, 0.25) is 0 Å². The van der Waals surface area contributed by atoms with Crippen LogP contribution in [-0.4, -0.2) is 24.5 Å². The highest BCUT2D eigenvalue weighted by molar-refractivity contribution is 9.10. The second-order valence-corrected chi connectivity index (χ2v) is 5.62. The van der Waals surface area contributed by atoms with E-state index in [2.05, 4.69) is 21.2 Å². The van der Waals surface area contributed by atoms with Crippen molar-refractivity contribution in [1.29, 1.82) is 0 Å². The second-order valence-electron chi connectivity index (χ2n) is 4.77. The predicted molar refractivity (Wildman–Crippen MR) is 71.3 cm³/mol. The van der Waals surface area contributed by atoms with Crippen molar-refractivity contribution in [3.8, 4) is 17.2 Å². The Hall–Kier alpha value is -0.940. The Morgan fingerprint density at radius 3 is 3.06 bits per heavy atom. The zero-order chi connectivity index (χ0) is 12.5. The van der Waals surface area contributed by atoms with Gasteiger partial charge in [0.15, 0.2) is 11.5 Å². The molecule has 1 saturated heterocycles. The fourth-order valence-electron chi connectivity index (χ4n) is 2.60. The largest absolute Gasteiger partial charge is 0.506 e. The Morgan fingerprint density at radius 1 is 1.39 bits per heavy atom. The molecule has 98 valence electrons. The molecule has 1 fully saturated rings. The minimum Gasteiger partial charge on any atom is -0.506 e. The number of hydrogen-bond acceptors (Lipinski definition) is 4. The van der Waals surface area contributed by atoms with Gasteiger partial charge in [-0.15, -0.1) is 0 Å². The number of hydrogen-bond donors (Lipinski definition) is 2. The van der Waals surface area contributed by atoms with E-state index in [-0.39, 0.29) is 12.5 Å². The van der Waals surface area contributed by atoms with Gasteiger partial charge in [0.25, 0.3) is 0 Å². The SMILES string of the molecule is Oc1c(Br)cc2c(c1CC1CCCCN1)OCO2. The minimum absolute atomic E-state index is 0.232. The first-order valence-electron chi connectivity index (χ1n) is 6.29. The molecule has 0 aromatic heterocycles. The summed E-state index contributed by atoms with van der Waals surface area (Å²) in [6.45, 7) is 1.29. The molecule has 1 atom stereocenters. The number of nitrogens with one attached hydrogen (secondary N) is 1. The summed E-state index contributed by atoms with van der Waals surface area (Å²) in [6, 6.07) is 2.17. The summed E-state index contributed by atoms with van der Waals surface area (Å²) < 4.78 is 11.5. The number of fused-ring (bicyclic) bond motifs is 1. The van der Waals surface area contributed by atoms with E-state index in [4.69, 9.17) is 9.47 Å². The molecule has 5 heteroatoms. The van der Waals surface area contributed by atoms with Gasteiger partial charge in [0.2, 0.25) is 6.79 Å². The third-order valence-corrected chi connectivity index (χ3v) is 4.15. The number of ether oxygens (including phenoxy) is 2. The number of phenolic OH excluding ortho intramolecular Hbond substituents is 1. The van der Waals surface area contributed by atoms with Crippen LogP contribution < -0.4 is 14.8 Å². The molecule has 0 aliphatic carbocycles. The highest BCUT2D eigenvalue weighted by Crippen LogP contribution is 2.45. The molecule has 2 aliphatic heterocycles. The van der Waals surface area contributed by atoms with Crippen molar-refractivity contribution in [2.45, 2.75) is 31.7 Å². The summed E-state index contributed by atoms with van der Waals surface area (Å²) in [6.07, 6.45) is 4.39. The van der Waals surface area contributed by atoms with Crippen molar-refractivity contribution >= 4 is 15.9 Å². The average Bonchev–Trinajstić information content (AvgIpc) is 2.84. The molecule has 1 aromatic rings. The van der Waals surface area contributed by atoms with Gasteiger partial charge in [-0.1, -0.05) is 6.42 Å². The third-order valence-electron chi connectivity index (χ3n) is 3.55. The molecular formula is C13H16BrNO3. The summed E-state index contributed by atoms with van der Waals surface area (Å²) in [7, 11) is 0. The Kier molecular flexibility index (Phi) is 3.35. The molecule has 0 amide bonds. The summed E-state index contributed by atoms with van der Waals surface area (Å²) in [5.41, 5.74) is 0.844. The predicted octanol–water partition coefficient (Wildman–Crippen LogP) is 2.57. The van der Waals surface area contributed by atoms with Gasteiger partial charge in [-0.3, -0.25) is 0 Å².